The van der Waals surface area contributed by atoms with Gasteiger partial charge in [-0.3, -0.25) is 14.2 Å². The summed E-state index contributed by atoms with van der Waals surface area (Å²) in [6.07, 6.45) is 4.94. The zero-order valence-electron chi connectivity index (χ0n) is 24.5. The number of carbonyl (C=O) groups is 1. The zero-order chi connectivity index (χ0) is 32.9. The van der Waals surface area contributed by atoms with Crippen LogP contribution in [0.3, 0.4) is 0 Å². The Morgan fingerprint density at radius 3 is 2.38 bits per heavy atom. The number of hydrogen-bond donors (Lipinski definition) is 2. The summed E-state index contributed by atoms with van der Waals surface area (Å²) in [5.74, 6) is -0.146. The van der Waals surface area contributed by atoms with Crippen LogP contribution in [0.15, 0.2) is 41.4 Å². The summed E-state index contributed by atoms with van der Waals surface area (Å²) in [4.78, 5) is 35.3. The molecular weight excluding hydrogens is 680 g/mol. The monoisotopic (exact) mass is 705 g/mol. The molecule has 1 saturated heterocycles. The van der Waals surface area contributed by atoms with Crippen molar-refractivity contribution in [3.63, 3.8) is 0 Å². The lowest BCUT2D eigenvalue weighted by molar-refractivity contribution is -0.126. The van der Waals surface area contributed by atoms with Crippen molar-refractivity contribution in [3.05, 3.63) is 77.6 Å². The maximum Gasteiger partial charge on any atom is 0.276 e. The van der Waals surface area contributed by atoms with E-state index in [0.717, 1.165) is 5.57 Å². The summed E-state index contributed by atoms with van der Waals surface area (Å²) in [6, 6.07) is 3.48. The van der Waals surface area contributed by atoms with Crippen molar-refractivity contribution < 1.29 is 4.79 Å². The highest BCUT2D eigenvalue weighted by Gasteiger charge is 2.32. The number of hydrogen-bond acceptors (Lipinski definition) is 7. The maximum atomic E-state index is 14.5. The zero-order valence-corrected chi connectivity index (χ0v) is 28.3. The molecule has 0 saturated carbocycles. The highest BCUT2D eigenvalue weighted by Crippen LogP contribution is 2.49. The Balaban J connectivity index is 1.90. The number of rotatable bonds is 5. The fraction of sp³-hybridized carbons (Fsp3) is 0.290. The van der Waals surface area contributed by atoms with Crippen molar-refractivity contribution in [2.75, 3.05) is 36.8 Å². The van der Waals surface area contributed by atoms with Crippen molar-refractivity contribution >= 4 is 92.0 Å². The molecule has 5 rings (SSSR count). The van der Waals surface area contributed by atoms with Gasteiger partial charge in [0.2, 0.25) is 5.91 Å². The van der Waals surface area contributed by atoms with E-state index in [0.29, 0.717) is 42.9 Å². The minimum atomic E-state index is -0.561. The number of halogens is 5. The Morgan fingerprint density at radius 2 is 1.78 bits per heavy atom. The highest BCUT2D eigenvalue weighted by atomic mass is 35.5. The first-order valence-electron chi connectivity index (χ1n) is 13.9. The third-order valence-corrected chi connectivity index (χ3v) is 10.1. The third kappa shape index (κ3) is 5.53. The Labute approximate surface area is 285 Å². The van der Waals surface area contributed by atoms with Crippen LogP contribution in [0.4, 0.5) is 11.4 Å². The second-order valence-corrected chi connectivity index (χ2v) is 12.9. The summed E-state index contributed by atoms with van der Waals surface area (Å²) in [7, 11) is 0. The van der Waals surface area contributed by atoms with Gasteiger partial charge in [0.25, 0.3) is 5.56 Å². The van der Waals surface area contributed by atoms with Crippen molar-refractivity contribution in [1.29, 1.82) is 5.26 Å². The molecule has 3 N–H and O–H groups in total. The number of amides is 1. The predicted molar refractivity (Wildman–Crippen MR) is 184 cm³/mol. The highest BCUT2D eigenvalue weighted by molar-refractivity contribution is 6.54. The molecule has 1 aromatic carbocycles. The van der Waals surface area contributed by atoms with Gasteiger partial charge >= 0.3 is 0 Å². The van der Waals surface area contributed by atoms with Gasteiger partial charge in [0, 0.05) is 37.1 Å². The summed E-state index contributed by atoms with van der Waals surface area (Å²) < 4.78 is 1.45. The standard InChI is InChI=1S/C31H28Cl5N7O2/c1-5-19(44)41-8-10-42(11-9-41)29-16-12-18(32)27(20-21(33)22(34)23(35)24(36)25(20)38)40-30(16)43(31(45)17(29)13-37)28-15(4)6-7-39-26(28)14(2)3/h5-7,12,14,26,39H,1,8-11,38H2,2-4H3. The van der Waals surface area contributed by atoms with Crippen LogP contribution in [0.1, 0.15) is 26.3 Å². The number of nitrogens with one attached hydrogen (secondary N) is 1. The Hall–Kier alpha value is -3.39. The second kappa shape index (κ2) is 12.8. The van der Waals surface area contributed by atoms with Gasteiger partial charge in [-0.1, -0.05) is 78.4 Å². The lowest BCUT2D eigenvalue weighted by Gasteiger charge is -2.37. The average Bonchev–Trinajstić information content (AvgIpc) is 3.02. The van der Waals surface area contributed by atoms with E-state index in [4.69, 9.17) is 68.7 Å². The van der Waals surface area contributed by atoms with Crippen LogP contribution in [0, 0.1) is 17.2 Å². The summed E-state index contributed by atoms with van der Waals surface area (Å²) in [6.45, 7) is 10.9. The van der Waals surface area contributed by atoms with E-state index in [1.165, 1.54) is 10.6 Å². The lowest BCUT2D eigenvalue weighted by Crippen LogP contribution is -2.49. The van der Waals surface area contributed by atoms with Crippen LogP contribution in [0.25, 0.3) is 28.0 Å². The Kier molecular flexibility index (Phi) is 9.37. The molecule has 3 aromatic rings. The number of fused-ring (bicyclic) bond motifs is 1. The van der Waals surface area contributed by atoms with Gasteiger partial charge in [-0.2, -0.15) is 5.26 Å². The molecule has 0 spiro atoms. The van der Waals surface area contributed by atoms with E-state index in [9.17, 15) is 14.9 Å². The molecule has 2 aromatic heterocycles. The quantitative estimate of drug-likeness (QED) is 0.127. The number of allylic oxidation sites excluding steroid dienone is 2. The van der Waals surface area contributed by atoms with Crippen molar-refractivity contribution in [3.8, 4) is 17.3 Å². The van der Waals surface area contributed by atoms with E-state index in [2.05, 4.69) is 18.0 Å². The lowest BCUT2D eigenvalue weighted by atomic mass is 9.94. The first kappa shape index (κ1) is 33.0. The van der Waals surface area contributed by atoms with E-state index >= 15 is 0 Å². The molecule has 1 fully saturated rings. The molecule has 234 valence electrons. The number of pyridine rings is 2. The van der Waals surface area contributed by atoms with Crippen molar-refractivity contribution in [2.45, 2.75) is 26.8 Å². The topological polar surface area (TPSA) is 120 Å². The molecule has 1 atom stereocenters. The SMILES string of the molecule is C=CC(=O)N1CCN(c2c(C#N)c(=O)n(C3=C(C)C=CNC3C(C)C)c3nc(-c4c(N)c(Cl)c(Cl)c(Cl)c4Cl)c(Cl)cc23)CC1. The Bertz CT molecular complexity index is 1910. The van der Waals surface area contributed by atoms with E-state index in [1.807, 2.05) is 37.9 Å². The fourth-order valence-corrected chi connectivity index (χ4v) is 6.97. The number of nitrogen functional groups attached to an aromatic ring is 1. The van der Waals surface area contributed by atoms with Crippen LogP contribution >= 0.6 is 58.0 Å². The first-order valence-corrected chi connectivity index (χ1v) is 15.8. The van der Waals surface area contributed by atoms with Gasteiger partial charge in [-0.05, 0) is 42.8 Å². The smallest absolute Gasteiger partial charge is 0.276 e. The van der Waals surface area contributed by atoms with Gasteiger partial charge in [0.1, 0.15) is 17.3 Å². The van der Waals surface area contributed by atoms with Gasteiger partial charge < -0.3 is 20.9 Å². The molecule has 1 amide bonds. The van der Waals surface area contributed by atoms with Crippen LogP contribution in [0.2, 0.25) is 25.1 Å². The Morgan fingerprint density at radius 1 is 1.13 bits per heavy atom. The summed E-state index contributed by atoms with van der Waals surface area (Å²) in [5, 5.41) is 14.3. The van der Waals surface area contributed by atoms with Crippen LogP contribution < -0.4 is 21.5 Å². The molecule has 2 aliphatic rings. The molecule has 1 unspecified atom stereocenters. The van der Waals surface area contributed by atoms with E-state index < -0.39 is 5.56 Å². The van der Waals surface area contributed by atoms with Crippen LogP contribution in [-0.4, -0.2) is 52.6 Å². The average molecular weight is 708 g/mol. The second-order valence-electron chi connectivity index (χ2n) is 11.0. The van der Waals surface area contributed by atoms with Crippen LogP contribution in [-0.2, 0) is 4.79 Å². The number of nitrogens with zero attached hydrogens (tertiary/aromatic N) is 5. The van der Waals surface area contributed by atoms with Gasteiger partial charge in [-0.25, -0.2) is 4.98 Å². The maximum absolute atomic E-state index is 14.5. The number of aromatic nitrogens is 2. The minimum Gasteiger partial charge on any atom is -0.397 e. The van der Waals surface area contributed by atoms with Crippen molar-refractivity contribution in [1.82, 2.24) is 19.8 Å². The molecule has 14 heteroatoms. The number of carbonyl (C=O) groups excluding carboxylic acids is 1. The number of dihydropyridines is 1. The molecule has 9 nitrogen and oxygen atoms in total. The molecule has 2 aliphatic heterocycles. The molecule has 45 heavy (non-hydrogen) atoms. The summed E-state index contributed by atoms with van der Waals surface area (Å²) in [5.41, 5.74) is 8.04. The molecule has 0 aliphatic carbocycles. The minimum absolute atomic E-state index is 0.00769. The largest absolute Gasteiger partial charge is 0.397 e. The van der Waals surface area contributed by atoms with Gasteiger partial charge in [0.05, 0.1) is 53.9 Å². The van der Waals surface area contributed by atoms with E-state index in [-0.39, 0.29) is 71.1 Å². The fourth-order valence-electron chi connectivity index (χ4n) is 5.77. The molecular formula is C31H28Cl5N7O2. The normalized spacial score (nSPS) is 16.8. The third-order valence-electron chi connectivity index (χ3n) is 8.03. The number of benzene rings is 1. The number of piperazine rings is 1. The molecule has 0 radical (unpaired) electrons. The van der Waals surface area contributed by atoms with E-state index in [1.54, 1.807) is 11.0 Å². The predicted octanol–water partition coefficient (Wildman–Crippen LogP) is 6.99. The summed E-state index contributed by atoms with van der Waals surface area (Å²) >= 11 is 32.7. The molecule has 0 bridgehead atoms. The van der Waals surface area contributed by atoms with Gasteiger partial charge in [-0.15, -0.1) is 0 Å². The van der Waals surface area contributed by atoms with Crippen LogP contribution in [0.5, 0.6) is 0 Å². The van der Waals surface area contributed by atoms with Gasteiger partial charge in [0.15, 0.2) is 0 Å². The first-order chi connectivity index (χ1) is 21.3. The number of nitrogens with two attached hydrogens (primary N) is 1. The molecule has 4 heterocycles. The number of anilines is 2. The van der Waals surface area contributed by atoms with Crippen molar-refractivity contribution in [2.24, 2.45) is 5.92 Å². The number of nitriles is 1.